The fourth-order valence-corrected chi connectivity index (χ4v) is 2.16. The van der Waals surface area contributed by atoms with E-state index in [1.54, 1.807) is 13.1 Å². The van der Waals surface area contributed by atoms with E-state index in [4.69, 9.17) is 23.2 Å². The van der Waals surface area contributed by atoms with Crippen molar-refractivity contribution in [2.75, 3.05) is 20.1 Å². The van der Waals surface area contributed by atoms with Gasteiger partial charge in [0.2, 0.25) is 0 Å². The molecule has 0 unspecified atom stereocenters. The van der Waals surface area contributed by atoms with Gasteiger partial charge in [0.1, 0.15) is 0 Å². The van der Waals surface area contributed by atoms with E-state index >= 15 is 0 Å². The van der Waals surface area contributed by atoms with Crippen LogP contribution in [-0.2, 0) is 6.54 Å². The van der Waals surface area contributed by atoms with Crippen LogP contribution in [0.3, 0.4) is 0 Å². The molecule has 0 bridgehead atoms. The van der Waals surface area contributed by atoms with Gasteiger partial charge in [0.25, 0.3) is 0 Å². The van der Waals surface area contributed by atoms with E-state index in [0.29, 0.717) is 16.6 Å². The van der Waals surface area contributed by atoms with Gasteiger partial charge in [-0.1, -0.05) is 29.3 Å². The van der Waals surface area contributed by atoms with Gasteiger partial charge in [0.05, 0.1) is 0 Å². The highest BCUT2D eigenvalue weighted by Crippen LogP contribution is 2.20. The minimum absolute atomic E-state index is 0. The van der Waals surface area contributed by atoms with E-state index in [2.05, 4.69) is 41.7 Å². The zero-order valence-corrected chi connectivity index (χ0v) is 17.3. The summed E-state index contributed by atoms with van der Waals surface area (Å²) in [5, 5.41) is 11.2. The lowest BCUT2D eigenvalue weighted by Crippen LogP contribution is -2.44. The molecular formula is C15H25Cl2IN4. The Hall–Kier alpha value is -0.240. The highest BCUT2D eigenvalue weighted by molar-refractivity contribution is 14.0. The molecule has 0 aliphatic heterocycles. The van der Waals surface area contributed by atoms with Crippen molar-refractivity contribution in [1.82, 2.24) is 16.0 Å². The standard InChI is InChI=1S/C15H24Cl2N4.HI/c1-15(2,3)21-8-7-19-14(18-4)20-10-11-5-6-12(16)9-13(11)17;/h5-6,9,21H,7-8,10H2,1-4H3,(H2,18,19,20);1H. The van der Waals surface area contributed by atoms with Gasteiger partial charge in [-0.15, -0.1) is 24.0 Å². The maximum Gasteiger partial charge on any atom is 0.191 e. The molecule has 1 aromatic carbocycles. The summed E-state index contributed by atoms with van der Waals surface area (Å²) in [6.07, 6.45) is 0. The summed E-state index contributed by atoms with van der Waals surface area (Å²) < 4.78 is 0. The third-order valence-electron chi connectivity index (χ3n) is 2.76. The number of hydrogen-bond acceptors (Lipinski definition) is 2. The van der Waals surface area contributed by atoms with Crippen LogP contribution in [0.2, 0.25) is 10.0 Å². The van der Waals surface area contributed by atoms with Crippen molar-refractivity contribution in [1.29, 1.82) is 0 Å². The third-order valence-corrected chi connectivity index (χ3v) is 3.34. The molecule has 0 aliphatic carbocycles. The highest BCUT2D eigenvalue weighted by Gasteiger charge is 2.07. The predicted molar refractivity (Wildman–Crippen MR) is 108 cm³/mol. The Morgan fingerprint density at radius 1 is 1.14 bits per heavy atom. The number of rotatable bonds is 5. The van der Waals surface area contributed by atoms with Crippen LogP contribution in [0.15, 0.2) is 23.2 Å². The van der Waals surface area contributed by atoms with E-state index in [0.717, 1.165) is 24.6 Å². The van der Waals surface area contributed by atoms with E-state index in [-0.39, 0.29) is 29.5 Å². The number of benzene rings is 1. The summed E-state index contributed by atoms with van der Waals surface area (Å²) in [6.45, 7) is 8.69. The maximum atomic E-state index is 6.14. The Morgan fingerprint density at radius 3 is 2.36 bits per heavy atom. The molecule has 126 valence electrons. The quantitative estimate of drug-likeness (QED) is 0.273. The molecule has 4 nitrogen and oxygen atoms in total. The second-order valence-electron chi connectivity index (χ2n) is 5.77. The molecule has 7 heteroatoms. The van der Waals surface area contributed by atoms with Gasteiger partial charge in [0.15, 0.2) is 5.96 Å². The molecule has 0 amide bonds. The van der Waals surface area contributed by atoms with Crippen LogP contribution in [0.25, 0.3) is 0 Å². The second-order valence-corrected chi connectivity index (χ2v) is 6.61. The molecule has 0 heterocycles. The molecule has 0 saturated carbocycles. The Balaban J connectivity index is 0.00000441. The van der Waals surface area contributed by atoms with E-state index in [1.165, 1.54) is 0 Å². The van der Waals surface area contributed by atoms with Crippen molar-refractivity contribution in [3.63, 3.8) is 0 Å². The number of aliphatic imine (C=N–C) groups is 1. The van der Waals surface area contributed by atoms with Gasteiger partial charge in [-0.05, 0) is 38.5 Å². The molecule has 0 aliphatic rings. The Morgan fingerprint density at radius 2 is 1.82 bits per heavy atom. The van der Waals surface area contributed by atoms with Crippen molar-refractivity contribution in [3.05, 3.63) is 33.8 Å². The summed E-state index contributed by atoms with van der Waals surface area (Å²) in [4.78, 5) is 4.18. The first-order valence-electron chi connectivity index (χ1n) is 6.95. The smallest absolute Gasteiger partial charge is 0.191 e. The fraction of sp³-hybridized carbons (Fsp3) is 0.533. The van der Waals surface area contributed by atoms with Crippen LogP contribution >= 0.6 is 47.2 Å². The van der Waals surface area contributed by atoms with Gasteiger partial charge in [-0.3, -0.25) is 4.99 Å². The molecule has 0 fully saturated rings. The molecule has 0 spiro atoms. The zero-order chi connectivity index (χ0) is 15.9. The molecular weight excluding hydrogens is 434 g/mol. The number of nitrogens with zero attached hydrogens (tertiary/aromatic N) is 1. The molecule has 0 saturated heterocycles. The van der Waals surface area contributed by atoms with Gasteiger partial charge in [-0.25, -0.2) is 0 Å². The van der Waals surface area contributed by atoms with Gasteiger partial charge in [-0.2, -0.15) is 0 Å². The molecule has 0 atom stereocenters. The minimum Gasteiger partial charge on any atom is -0.355 e. The monoisotopic (exact) mass is 458 g/mol. The minimum atomic E-state index is 0. The normalized spacial score (nSPS) is 11.8. The van der Waals surface area contributed by atoms with Crippen LogP contribution in [0.1, 0.15) is 26.3 Å². The van der Waals surface area contributed by atoms with E-state index in [9.17, 15) is 0 Å². The van der Waals surface area contributed by atoms with Crippen molar-refractivity contribution < 1.29 is 0 Å². The van der Waals surface area contributed by atoms with E-state index in [1.807, 2.05) is 12.1 Å². The lowest BCUT2D eigenvalue weighted by molar-refractivity contribution is 0.428. The van der Waals surface area contributed by atoms with Crippen molar-refractivity contribution in [2.45, 2.75) is 32.9 Å². The van der Waals surface area contributed by atoms with Gasteiger partial charge in [0, 0.05) is 42.3 Å². The average molecular weight is 459 g/mol. The van der Waals surface area contributed by atoms with Crippen LogP contribution < -0.4 is 16.0 Å². The lowest BCUT2D eigenvalue weighted by atomic mass is 10.1. The lowest BCUT2D eigenvalue weighted by Gasteiger charge is -2.21. The van der Waals surface area contributed by atoms with Crippen molar-refractivity contribution in [3.8, 4) is 0 Å². The van der Waals surface area contributed by atoms with Crippen LogP contribution in [0.5, 0.6) is 0 Å². The molecule has 3 N–H and O–H groups in total. The molecule has 1 rings (SSSR count). The van der Waals surface area contributed by atoms with Gasteiger partial charge < -0.3 is 16.0 Å². The summed E-state index contributed by atoms with van der Waals surface area (Å²) in [7, 11) is 1.75. The van der Waals surface area contributed by atoms with Gasteiger partial charge >= 0.3 is 0 Å². The fourth-order valence-electron chi connectivity index (χ4n) is 1.68. The molecule has 22 heavy (non-hydrogen) atoms. The first kappa shape index (κ1) is 21.8. The number of nitrogens with one attached hydrogen (secondary N) is 3. The van der Waals surface area contributed by atoms with Crippen LogP contribution in [0.4, 0.5) is 0 Å². The predicted octanol–water partition coefficient (Wildman–Crippen LogP) is 3.66. The van der Waals surface area contributed by atoms with Crippen LogP contribution in [-0.4, -0.2) is 31.6 Å². The largest absolute Gasteiger partial charge is 0.355 e. The first-order chi connectivity index (χ1) is 9.81. The highest BCUT2D eigenvalue weighted by atomic mass is 127. The number of hydrogen-bond donors (Lipinski definition) is 3. The molecule has 0 aromatic heterocycles. The second kappa shape index (κ2) is 10.5. The summed E-state index contributed by atoms with van der Waals surface area (Å²) >= 11 is 12.0. The third kappa shape index (κ3) is 9.02. The van der Waals surface area contributed by atoms with Crippen molar-refractivity contribution in [2.24, 2.45) is 4.99 Å². The number of guanidine groups is 1. The topological polar surface area (TPSA) is 48.5 Å². The van der Waals surface area contributed by atoms with Crippen molar-refractivity contribution >= 4 is 53.1 Å². The number of halogens is 3. The van der Waals surface area contributed by atoms with E-state index < -0.39 is 0 Å². The SMILES string of the molecule is CN=C(NCCNC(C)(C)C)NCc1ccc(Cl)cc1Cl.I. The summed E-state index contributed by atoms with van der Waals surface area (Å²) in [5.74, 6) is 0.747. The summed E-state index contributed by atoms with van der Waals surface area (Å²) in [6, 6.07) is 5.48. The Kier molecular flexibility index (Phi) is 10.4. The molecule has 1 aromatic rings. The Labute approximate surface area is 160 Å². The zero-order valence-electron chi connectivity index (χ0n) is 13.5. The Bertz CT molecular complexity index is 487. The summed E-state index contributed by atoms with van der Waals surface area (Å²) in [5.41, 5.74) is 1.10. The molecule has 0 radical (unpaired) electrons. The average Bonchev–Trinajstić information content (AvgIpc) is 2.38. The van der Waals surface area contributed by atoms with Crippen LogP contribution in [0, 0.1) is 0 Å². The maximum absolute atomic E-state index is 6.14. The first-order valence-corrected chi connectivity index (χ1v) is 7.71.